The quantitative estimate of drug-likeness (QED) is 0.530. The number of allylic oxidation sites excluding steroid dienone is 4. The lowest BCUT2D eigenvalue weighted by atomic mass is 9.74. The maximum Gasteiger partial charge on any atom is 0.0647 e. The van der Waals surface area contributed by atoms with Gasteiger partial charge in [-0.1, -0.05) is 64.8 Å². The molecule has 0 N–H and O–H groups in total. The van der Waals surface area contributed by atoms with Crippen LogP contribution in [0.25, 0.3) is 0 Å². The monoisotopic (exact) mass is 386 g/mol. The summed E-state index contributed by atoms with van der Waals surface area (Å²) in [6, 6.07) is 0. The Labute approximate surface area is 175 Å². The summed E-state index contributed by atoms with van der Waals surface area (Å²) in [4.78, 5) is 5.69. The predicted molar refractivity (Wildman–Crippen MR) is 122 cm³/mol. The molecule has 0 spiro atoms. The Morgan fingerprint density at radius 3 is 1.50 bits per heavy atom. The first-order valence-corrected chi connectivity index (χ1v) is 12.0. The fourth-order valence-electron chi connectivity index (χ4n) is 6.86. The second-order valence-electron chi connectivity index (χ2n) is 11.1. The van der Waals surface area contributed by atoms with Crippen LogP contribution in [0.15, 0.2) is 23.3 Å². The summed E-state index contributed by atoms with van der Waals surface area (Å²) >= 11 is 0. The van der Waals surface area contributed by atoms with Crippen LogP contribution in [-0.2, 0) is 0 Å². The van der Waals surface area contributed by atoms with Crippen LogP contribution in [0.4, 0.5) is 0 Å². The van der Waals surface area contributed by atoms with E-state index < -0.39 is 0 Å². The van der Waals surface area contributed by atoms with E-state index in [1.165, 1.54) is 39.0 Å². The van der Waals surface area contributed by atoms with Crippen molar-refractivity contribution in [2.24, 2.45) is 41.4 Å². The van der Waals surface area contributed by atoms with E-state index in [0.717, 1.165) is 35.5 Å². The van der Waals surface area contributed by atoms with Gasteiger partial charge in [-0.25, -0.2) is 0 Å². The summed E-state index contributed by atoms with van der Waals surface area (Å²) in [5.74, 6) is 5.38. The minimum absolute atomic E-state index is 0.623. The van der Waals surface area contributed by atoms with Crippen molar-refractivity contribution in [2.75, 3.05) is 26.2 Å². The zero-order chi connectivity index (χ0) is 20.6. The minimum atomic E-state index is 0.623. The van der Waals surface area contributed by atoms with Gasteiger partial charge in [0.2, 0.25) is 0 Å². The predicted octanol–water partition coefficient (Wildman–Crippen LogP) is 6.06. The molecule has 0 bridgehead atoms. The van der Waals surface area contributed by atoms with Gasteiger partial charge in [-0.05, 0) is 68.1 Å². The molecule has 3 aliphatic rings. The summed E-state index contributed by atoms with van der Waals surface area (Å²) in [6.45, 7) is 24.4. The molecule has 3 rings (SSSR count). The third-order valence-electron chi connectivity index (χ3n) is 8.10. The molecule has 1 saturated heterocycles. The lowest BCUT2D eigenvalue weighted by Gasteiger charge is -2.42. The molecule has 0 radical (unpaired) electrons. The molecule has 160 valence electrons. The van der Waals surface area contributed by atoms with Crippen molar-refractivity contribution in [1.82, 2.24) is 9.80 Å². The molecular weight excluding hydrogens is 340 g/mol. The zero-order valence-corrected chi connectivity index (χ0v) is 19.9. The van der Waals surface area contributed by atoms with Crippen LogP contribution in [0.3, 0.4) is 0 Å². The fraction of sp³-hybridized carbons (Fsp3) is 0.846. The Morgan fingerprint density at radius 2 is 1.18 bits per heavy atom. The van der Waals surface area contributed by atoms with Gasteiger partial charge in [0.15, 0.2) is 0 Å². The van der Waals surface area contributed by atoms with Gasteiger partial charge in [-0.2, -0.15) is 0 Å². The molecule has 1 unspecified atom stereocenters. The minimum Gasteiger partial charge on any atom is -0.286 e. The molecule has 2 heteroatoms. The van der Waals surface area contributed by atoms with Crippen LogP contribution < -0.4 is 0 Å². The van der Waals surface area contributed by atoms with Gasteiger partial charge in [0.25, 0.3) is 0 Å². The average Bonchev–Trinajstić information content (AvgIpc) is 2.96. The third-order valence-corrected chi connectivity index (χ3v) is 8.10. The largest absolute Gasteiger partial charge is 0.286 e. The number of nitrogens with zero attached hydrogens (tertiary/aromatic N) is 2. The van der Waals surface area contributed by atoms with Gasteiger partial charge in [-0.15, -0.1) is 0 Å². The SMILES string of the molecule is CC1=C[C@H](C)[C@H](CN2CCN(C[C@H]3[C@@H](C)C=C(C)C[C@@H]3C)C2C(C)C)[C@H](C)C1. The van der Waals surface area contributed by atoms with Crippen LogP contribution >= 0.6 is 0 Å². The second kappa shape index (κ2) is 9.04. The van der Waals surface area contributed by atoms with Gasteiger partial charge in [-0.3, -0.25) is 9.80 Å². The molecule has 2 aliphatic carbocycles. The Hall–Kier alpha value is -0.600. The Balaban J connectivity index is 1.69. The highest BCUT2D eigenvalue weighted by Crippen LogP contribution is 2.38. The van der Waals surface area contributed by atoms with Crippen molar-refractivity contribution < 1.29 is 0 Å². The molecule has 1 fully saturated rings. The fourth-order valence-corrected chi connectivity index (χ4v) is 6.86. The molecule has 0 aromatic carbocycles. The van der Waals surface area contributed by atoms with Crippen molar-refractivity contribution in [3.05, 3.63) is 23.3 Å². The first kappa shape index (κ1) is 22.1. The van der Waals surface area contributed by atoms with Crippen molar-refractivity contribution in [3.63, 3.8) is 0 Å². The summed E-state index contributed by atoms with van der Waals surface area (Å²) in [5, 5.41) is 0. The number of hydrogen-bond acceptors (Lipinski definition) is 2. The highest BCUT2D eigenvalue weighted by atomic mass is 15.4. The standard InChI is InChI=1S/C26H46N2/c1-17(2)26-27(15-24-20(5)11-18(3)12-21(24)6)9-10-28(26)16-25-22(7)13-19(4)14-23(25)8/h11,13,17,20-26H,9-10,12,14-16H2,1-8H3/t20-,21-,22-,23+,24-,25-,26?/m0/s1. The van der Waals surface area contributed by atoms with Crippen LogP contribution in [0.5, 0.6) is 0 Å². The molecule has 7 atom stereocenters. The van der Waals surface area contributed by atoms with E-state index in [4.69, 9.17) is 0 Å². The lowest BCUT2D eigenvalue weighted by Crippen LogP contribution is -2.48. The van der Waals surface area contributed by atoms with Crippen molar-refractivity contribution >= 4 is 0 Å². The van der Waals surface area contributed by atoms with Gasteiger partial charge < -0.3 is 0 Å². The van der Waals surface area contributed by atoms with E-state index in [1.54, 1.807) is 11.1 Å². The Morgan fingerprint density at radius 1 is 0.786 bits per heavy atom. The Bertz CT molecular complexity index is 541. The third kappa shape index (κ3) is 4.75. The molecule has 0 aromatic heterocycles. The maximum atomic E-state index is 2.84. The maximum absolute atomic E-state index is 2.84. The van der Waals surface area contributed by atoms with Crippen LogP contribution in [0.1, 0.15) is 68.2 Å². The van der Waals surface area contributed by atoms with Gasteiger partial charge in [0, 0.05) is 26.2 Å². The van der Waals surface area contributed by atoms with Gasteiger partial charge in [0.05, 0.1) is 6.17 Å². The summed E-state index contributed by atoms with van der Waals surface area (Å²) in [6.07, 6.45) is 8.30. The Kier molecular flexibility index (Phi) is 7.14. The zero-order valence-electron chi connectivity index (χ0n) is 19.9. The summed E-state index contributed by atoms with van der Waals surface area (Å²) in [5.41, 5.74) is 3.20. The van der Waals surface area contributed by atoms with Gasteiger partial charge in [0.1, 0.15) is 0 Å². The highest BCUT2D eigenvalue weighted by Gasteiger charge is 2.40. The smallest absolute Gasteiger partial charge is 0.0647 e. The lowest BCUT2D eigenvalue weighted by molar-refractivity contribution is 0.0439. The summed E-state index contributed by atoms with van der Waals surface area (Å²) in [7, 11) is 0. The van der Waals surface area contributed by atoms with E-state index in [0.29, 0.717) is 12.1 Å². The number of rotatable bonds is 5. The first-order valence-electron chi connectivity index (χ1n) is 12.0. The average molecular weight is 387 g/mol. The van der Waals surface area contributed by atoms with E-state index >= 15 is 0 Å². The van der Waals surface area contributed by atoms with Crippen molar-refractivity contribution in [3.8, 4) is 0 Å². The molecular formula is C26H46N2. The molecule has 28 heavy (non-hydrogen) atoms. The van der Waals surface area contributed by atoms with Crippen LogP contribution in [-0.4, -0.2) is 42.1 Å². The molecule has 1 aliphatic heterocycles. The van der Waals surface area contributed by atoms with E-state index in [9.17, 15) is 0 Å². The molecule has 0 saturated carbocycles. The topological polar surface area (TPSA) is 6.48 Å². The van der Waals surface area contributed by atoms with E-state index in [2.05, 4.69) is 77.3 Å². The molecule has 0 aromatic rings. The van der Waals surface area contributed by atoms with E-state index in [1.807, 2.05) is 0 Å². The second-order valence-corrected chi connectivity index (χ2v) is 11.1. The normalized spacial score (nSPS) is 40.7. The van der Waals surface area contributed by atoms with Gasteiger partial charge >= 0.3 is 0 Å². The first-order chi connectivity index (χ1) is 13.2. The molecule has 0 amide bonds. The van der Waals surface area contributed by atoms with E-state index in [-0.39, 0.29) is 0 Å². The summed E-state index contributed by atoms with van der Waals surface area (Å²) < 4.78 is 0. The highest BCUT2D eigenvalue weighted by molar-refractivity contribution is 5.10. The van der Waals surface area contributed by atoms with Crippen LogP contribution in [0, 0.1) is 41.4 Å². The molecule has 2 nitrogen and oxygen atoms in total. The van der Waals surface area contributed by atoms with Crippen LogP contribution in [0.2, 0.25) is 0 Å². The molecule has 1 heterocycles. The van der Waals surface area contributed by atoms with Crippen molar-refractivity contribution in [2.45, 2.75) is 74.4 Å². The van der Waals surface area contributed by atoms with Crippen molar-refractivity contribution in [1.29, 1.82) is 0 Å². The number of hydrogen-bond donors (Lipinski definition) is 0.